The molecule has 0 saturated carbocycles. The number of hydrogen-bond acceptors (Lipinski definition) is 4. The van der Waals surface area contributed by atoms with Gasteiger partial charge in [-0.15, -0.1) is 0 Å². The maximum Gasteiger partial charge on any atom is 0.271 e. The summed E-state index contributed by atoms with van der Waals surface area (Å²) < 4.78 is 0.297. The molecule has 0 bridgehead atoms. The van der Waals surface area contributed by atoms with Gasteiger partial charge in [-0.2, -0.15) is 5.26 Å². The van der Waals surface area contributed by atoms with E-state index < -0.39 is 10.8 Å². The lowest BCUT2D eigenvalue weighted by atomic mass is 10.1. The molecule has 0 aromatic heterocycles. The van der Waals surface area contributed by atoms with Gasteiger partial charge in [0.1, 0.15) is 6.07 Å². The van der Waals surface area contributed by atoms with Crippen LogP contribution in [0.2, 0.25) is 0 Å². The average molecular weight is 317 g/mol. The molecule has 1 aromatic carbocycles. The minimum Gasteiger partial charge on any atom is -0.366 e. The Kier molecular flexibility index (Phi) is 3.21. The third-order valence-electron chi connectivity index (χ3n) is 1.65. The topological polar surface area (TPSA) is 110 Å². The van der Waals surface area contributed by atoms with E-state index in [2.05, 4.69) is 0 Å². The molecule has 0 aliphatic rings. The number of nitrogens with zero attached hydrogens (tertiary/aromatic N) is 2. The van der Waals surface area contributed by atoms with Gasteiger partial charge in [0.15, 0.2) is 0 Å². The number of nitrogens with two attached hydrogens (primary N) is 1. The molecule has 1 rings (SSSR count). The van der Waals surface area contributed by atoms with Gasteiger partial charge in [-0.05, 0) is 22.6 Å². The van der Waals surface area contributed by atoms with Crippen LogP contribution in [0, 0.1) is 25.0 Å². The minimum absolute atomic E-state index is 0.0173. The van der Waals surface area contributed by atoms with E-state index in [0.29, 0.717) is 3.57 Å². The Hall–Kier alpha value is -1.69. The lowest BCUT2D eigenvalue weighted by Gasteiger charge is -2.02. The van der Waals surface area contributed by atoms with Gasteiger partial charge in [0.2, 0.25) is 0 Å². The minimum atomic E-state index is -0.772. The number of nitriles is 1. The molecule has 0 atom stereocenters. The van der Waals surface area contributed by atoms with Crippen molar-refractivity contribution in [2.45, 2.75) is 0 Å². The average Bonchev–Trinajstić information content (AvgIpc) is 2.15. The van der Waals surface area contributed by atoms with Gasteiger partial charge >= 0.3 is 0 Å². The van der Waals surface area contributed by atoms with Crippen molar-refractivity contribution in [3.05, 3.63) is 36.9 Å². The summed E-state index contributed by atoms with van der Waals surface area (Å²) in [6, 6.07) is 3.93. The number of carbonyl (C=O) groups is 1. The molecule has 0 aliphatic heterocycles. The van der Waals surface area contributed by atoms with E-state index in [1.54, 1.807) is 28.7 Å². The summed E-state index contributed by atoms with van der Waals surface area (Å²) in [7, 11) is 0. The molecule has 0 heterocycles. The van der Waals surface area contributed by atoms with Crippen molar-refractivity contribution in [2.75, 3.05) is 0 Å². The molecule has 76 valence electrons. The van der Waals surface area contributed by atoms with Gasteiger partial charge in [0, 0.05) is 15.7 Å². The van der Waals surface area contributed by atoms with Gasteiger partial charge in [-0.1, -0.05) is 0 Å². The predicted molar refractivity (Wildman–Crippen MR) is 59.0 cm³/mol. The summed E-state index contributed by atoms with van der Waals surface area (Å²) in [5, 5.41) is 19.2. The molecule has 7 heteroatoms. The molecule has 0 radical (unpaired) electrons. The Labute approximate surface area is 98.0 Å². The second-order valence-electron chi connectivity index (χ2n) is 2.58. The highest BCUT2D eigenvalue weighted by atomic mass is 127. The van der Waals surface area contributed by atoms with Crippen molar-refractivity contribution >= 4 is 34.2 Å². The summed E-state index contributed by atoms with van der Waals surface area (Å²) in [6.45, 7) is 0. The van der Waals surface area contributed by atoms with Crippen LogP contribution in [0.3, 0.4) is 0 Å². The molecule has 0 fully saturated rings. The maximum absolute atomic E-state index is 11.0. The molecular weight excluding hydrogens is 313 g/mol. The quantitative estimate of drug-likeness (QED) is 0.501. The lowest BCUT2D eigenvalue weighted by molar-refractivity contribution is -0.385. The van der Waals surface area contributed by atoms with Gasteiger partial charge in [0.05, 0.1) is 16.1 Å². The van der Waals surface area contributed by atoms with Crippen molar-refractivity contribution in [1.29, 1.82) is 5.26 Å². The SMILES string of the molecule is N#Cc1cc([N+](=O)[O-])cc(I)c1C(N)=O. The molecule has 1 aromatic rings. The van der Waals surface area contributed by atoms with E-state index >= 15 is 0 Å². The fourth-order valence-corrected chi connectivity index (χ4v) is 1.91. The standard InChI is InChI=1S/C8H4IN3O3/c9-6-2-5(12(14)15)1-4(3-10)7(6)8(11)13/h1-2H,(H2,11,13). The second-order valence-corrected chi connectivity index (χ2v) is 3.75. The second kappa shape index (κ2) is 4.22. The zero-order chi connectivity index (χ0) is 11.6. The van der Waals surface area contributed by atoms with Crippen LogP contribution in [0.15, 0.2) is 12.1 Å². The first-order valence-corrected chi connectivity index (χ1v) is 4.73. The molecule has 6 nitrogen and oxygen atoms in total. The third kappa shape index (κ3) is 2.21. The van der Waals surface area contributed by atoms with Gasteiger partial charge < -0.3 is 5.73 Å². The van der Waals surface area contributed by atoms with Crippen LogP contribution in [0.25, 0.3) is 0 Å². The number of primary amides is 1. The Morgan fingerprint density at radius 2 is 2.20 bits per heavy atom. The van der Waals surface area contributed by atoms with Crippen molar-refractivity contribution in [1.82, 2.24) is 0 Å². The summed E-state index contributed by atoms with van der Waals surface area (Å²) in [6.07, 6.45) is 0. The number of benzene rings is 1. The normalized spacial score (nSPS) is 9.33. The Bertz CT molecular complexity index is 493. The summed E-state index contributed by atoms with van der Waals surface area (Å²) >= 11 is 1.73. The first-order chi connectivity index (χ1) is 6.97. The molecule has 1 amide bonds. The largest absolute Gasteiger partial charge is 0.366 e. The first kappa shape index (κ1) is 11.4. The van der Waals surface area contributed by atoms with E-state index in [4.69, 9.17) is 11.0 Å². The number of hydrogen-bond donors (Lipinski definition) is 1. The summed E-state index contributed by atoms with van der Waals surface area (Å²) in [5.74, 6) is -0.772. The zero-order valence-electron chi connectivity index (χ0n) is 7.23. The monoisotopic (exact) mass is 317 g/mol. The number of rotatable bonds is 2. The molecule has 0 spiro atoms. The van der Waals surface area contributed by atoms with Crippen LogP contribution >= 0.6 is 22.6 Å². The molecule has 0 saturated heterocycles. The van der Waals surface area contributed by atoms with Crippen LogP contribution in [0.1, 0.15) is 15.9 Å². The van der Waals surface area contributed by atoms with Crippen LogP contribution in [-0.4, -0.2) is 10.8 Å². The number of nitro benzene ring substituents is 1. The van der Waals surface area contributed by atoms with Crippen molar-refractivity contribution in [3.8, 4) is 6.07 Å². The maximum atomic E-state index is 11.0. The van der Waals surface area contributed by atoms with Gasteiger partial charge in [-0.3, -0.25) is 14.9 Å². The van der Waals surface area contributed by atoms with E-state index in [9.17, 15) is 14.9 Å². The van der Waals surface area contributed by atoms with Crippen LogP contribution in [0.5, 0.6) is 0 Å². The van der Waals surface area contributed by atoms with Crippen LogP contribution < -0.4 is 5.73 Å². The molecular formula is C8H4IN3O3. The van der Waals surface area contributed by atoms with Crippen molar-refractivity contribution < 1.29 is 9.72 Å². The number of amides is 1. The molecule has 15 heavy (non-hydrogen) atoms. The summed E-state index contributed by atoms with van der Waals surface area (Å²) in [4.78, 5) is 20.8. The number of halogens is 1. The highest BCUT2D eigenvalue weighted by Crippen LogP contribution is 2.23. The van der Waals surface area contributed by atoms with Gasteiger partial charge in [0.25, 0.3) is 11.6 Å². The Morgan fingerprint density at radius 1 is 1.60 bits per heavy atom. The van der Waals surface area contributed by atoms with Crippen LogP contribution in [-0.2, 0) is 0 Å². The highest BCUT2D eigenvalue weighted by Gasteiger charge is 2.18. The number of nitro groups is 1. The van der Waals surface area contributed by atoms with E-state index in [-0.39, 0.29) is 16.8 Å². The molecule has 2 N–H and O–H groups in total. The number of non-ortho nitro benzene ring substituents is 1. The van der Waals surface area contributed by atoms with Crippen molar-refractivity contribution in [3.63, 3.8) is 0 Å². The highest BCUT2D eigenvalue weighted by molar-refractivity contribution is 14.1. The van der Waals surface area contributed by atoms with E-state index in [1.165, 1.54) is 6.07 Å². The van der Waals surface area contributed by atoms with Crippen LogP contribution in [0.4, 0.5) is 5.69 Å². The Morgan fingerprint density at radius 3 is 2.60 bits per heavy atom. The predicted octanol–water partition coefficient (Wildman–Crippen LogP) is 1.17. The molecule has 0 unspecified atom stereocenters. The lowest BCUT2D eigenvalue weighted by Crippen LogP contribution is -2.15. The fourth-order valence-electron chi connectivity index (χ4n) is 1.04. The fraction of sp³-hybridized carbons (Fsp3) is 0. The van der Waals surface area contributed by atoms with E-state index in [0.717, 1.165) is 6.07 Å². The smallest absolute Gasteiger partial charge is 0.271 e. The first-order valence-electron chi connectivity index (χ1n) is 3.65. The van der Waals surface area contributed by atoms with Gasteiger partial charge in [-0.25, -0.2) is 0 Å². The Balaban J connectivity index is 3.53. The summed E-state index contributed by atoms with van der Waals surface area (Å²) in [5.41, 5.74) is 4.75. The molecule has 0 aliphatic carbocycles. The van der Waals surface area contributed by atoms with E-state index in [1.807, 2.05) is 0 Å². The number of carbonyl (C=O) groups excluding carboxylic acids is 1. The van der Waals surface area contributed by atoms with Crippen molar-refractivity contribution in [2.24, 2.45) is 5.73 Å². The third-order valence-corrected chi connectivity index (χ3v) is 2.50. The zero-order valence-corrected chi connectivity index (χ0v) is 9.39.